The Bertz CT molecular complexity index is 1140. The molecule has 1 atom stereocenters. The molecular formula is C24H27FN6O4. The number of ketones is 1. The van der Waals surface area contributed by atoms with Crippen LogP contribution >= 0.6 is 0 Å². The molecular weight excluding hydrogens is 455 g/mol. The summed E-state index contributed by atoms with van der Waals surface area (Å²) in [6.07, 6.45) is 2.96. The number of carbonyl (C=O) groups excluding carboxylic acids is 3. The number of nitrogens with zero attached hydrogens (tertiary/aromatic N) is 5. The van der Waals surface area contributed by atoms with Crippen molar-refractivity contribution < 1.29 is 23.5 Å². The predicted octanol–water partition coefficient (Wildman–Crippen LogP) is 2.39. The predicted molar refractivity (Wildman–Crippen MR) is 129 cm³/mol. The molecule has 1 N–H and O–H groups in total. The van der Waals surface area contributed by atoms with Crippen LogP contribution in [0.25, 0.3) is 11.1 Å². The fourth-order valence-corrected chi connectivity index (χ4v) is 3.92. The Kier molecular flexibility index (Phi) is 7.35. The summed E-state index contributed by atoms with van der Waals surface area (Å²) in [7, 11) is 1.70. The first-order chi connectivity index (χ1) is 16.9. The maximum absolute atomic E-state index is 15.0. The Hall–Kier alpha value is -3.86. The number of carbonyl (C=O) groups is 3. The number of pyridine rings is 1. The number of amides is 2. The van der Waals surface area contributed by atoms with E-state index >= 15 is 0 Å². The van der Waals surface area contributed by atoms with Crippen LogP contribution in [0.15, 0.2) is 41.6 Å². The van der Waals surface area contributed by atoms with Crippen molar-refractivity contribution in [1.82, 2.24) is 15.3 Å². The summed E-state index contributed by atoms with van der Waals surface area (Å²) < 4.78 is 20.3. The van der Waals surface area contributed by atoms with E-state index in [1.54, 1.807) is 43.8 Å². The van der Waals surface area contributed by atoms with Gasteiger partial charge in [0, 0.05) is 30.3 Å². The summed E-state index contributed by atoms with van der Waals surface area (Å²) in [5.74, 6) is 0.0602. The van der Waals surface area contributed by atoms with Gasteiger partial charge < -0.3 is 19.7 Å². The van der Waals surface area contributed by atoms with Gasteiger partial charge in [-0.3, -0.25) is 9.69 Å². The van der Waals surface area contributed by atoms with Crippen LogP contribution in [0.5, 0.6) is 0 Å². The second-order valence-corrected chi connectivity index (χ2v) is 8.40. The number of rotatable bonds is 8. The highest BCUT2D eigenvalue weighted by molar-refractivity contribution is 5.90. The maximum Gasteiger partial charge on any atom is 0.414 e. The topological polar surface area (TPSA) is 107 Å². The van der Waals surface area contributed by atoms with Gasteiger partial charge in [-0.05, 0) is 50.7 Å². The van der Waals surface area contributed by atoms with Crippen LogP contribution in [0.4, 0.5) is 20.7 Å². The molecule has 0 radical (unpaired) electrons. The number of nitrogens with one attached hydrogen (secondary N) is 1. The molecule has 4 rings (SSSR count). The van der Waals surface area contributed by atoms with Gasteiger partial charge >= 0.3 is 6.09 Å². The average Bonchev–Trinajstić information content (AvgIpc) is 3.23. The Labute approximate surface area is 202 Å². The quantitative estimate of drug-likeness (QED) is 0.616. The van der Waals surface area contributed by atoms with Gasteiger partial charge in [0.25, 0.3) is 5.91 Å². The molecule has 2 aliphatic heterocycles. The molecule has 2 aromatic rings. The van der Waals surface area contributed by atoms with Gasteiger partial charge in [0.05, 0.1) is 25.3 Å². The van der Waals surface area contributed by atoms with Crippen molar-refractivity contribution >= 4 is 35.6 Å². The molecule has 2 aliphatic rings. The SMILES string of the molecule is CNCC(=O)N1CCN(c2ccc(-c3ccc(N4C[C@H](CCC(C)=O)OC4=O)cc3F)cn2)C=N1. The molecule has 0 aliphatic carbocycles. The zero-order chi connectivity index (χ0) is 24.9. The third kappa shape index (κ3) is 5.62. The van der Waals surface area contributed by atoms with E-state index in [1.165, 1.54) is 22.9 Å². The van der Waals surface area contributed by atoms with Crippen LogP contribution < -0.4 is 15.1 Å². The van der Waals surface area contributed by atoms with Crippen LogP contribution in [0.1, 0.15) is 19.8 Å². The summed E-state index contributed by atoms with van der Waals surface area (Å²) >= 11 is 0. The Morgan fingerprint density at radius 2 is 2.06 bits per heavy atom. The summed E-state index contributed by atoms with van der Waals surface area (Å²) in [6, 6.07) is 8.08. The fourth-order valence-electron chi connectivity index (χ4n) is 3.92. The lowest BCUT2D eigenvalue weighted by Gasteiger charge is -2.28. The zero-order valence-electron chi connectivity index (χ0n) is 19.6. The van der Waals surface area contributed by atoms with Crippen LogP contribution in [-0.4, -0.2) is 73.4 Å². The molecule has 10 nitrogen and oxygen atoms in total. The monoisotopic (exact) mass is 482 g/mol. The van der Waals surface area contributed by atoms with E-state index in [0.29, 0.717) is 48.6 Å². The number of halogens is 1. The van der Waals surface area contributed by atoms with Gasteiger partial charge in [0.15, 0.2) is 0 Å². The number of likely N-dealkylation sites (N-methyl/N-ethyl adjacent to an activating group) is 1. The number of anilines is 2. The first-order valence-electron chi connectivity index (χ1n) is 11.3. The van der Waals surface area contributed by atoms with Gasteiger partial charge in [-0.15, -0.1) is 0 Å². The summed E-state index contributed by atoms with van der Waals surface area (Å²) in [5, 5.41) is 8.38. The molecule has 3 heterocycles. The van der Waals surface area contributed by atoms with Gasteiger partial charge in [-0.25, -0.2) is 19.2 Å². The van der Waals surface area contributed by atoms with Crippen LogP contribution in [0.2, 0.25) is 0 Å². The number of benzene rings is 1. The number of Topliss-reactive ketones (excluding diaryl/α,β-unsaturated/α-hetero) is 1. The van der Waals surface area contributed by atoms with E-state index in [1.807, 2.05) is 4.90 Å². The minimum Gasteiger partial charge on any atom is -0.444 e. The highest BCUT2D eigenvalue weighted by atomic mass is 19.1. The van der Waals surface area contributed by atoms with Crippen LogP contribution in [0.3, 0.4) is 0 Å². The van der Waals surface area contributed by atoms with Crippen molar-refractivity contribution in [3.8, 4) is 11.1 Å². The number of cyclic esters (lactones) is 1. The number of hydrogen-bond acceptors (Lipinski definition) is 8. The normalized spacial score (nSPS) is 17.6. The number of hydrogen-bond donors (Lipinski definition) is 1. The lowest BCUT2D eigenvalue weighted by Crippen LogP contribution is -2.43. The Morgan fingerprint density at radius 3 is 2.69 bits per heavy atom. The van der Waals surface area contributed by atoms with E-state index in [0.717, 1.165) is 0 Å². The molecule has 184 valence electrons. The molecule has 11 heteroatoms. The average molecular weight is 483 g/mol. The molecule has 0 bridgehead atoms. The lowest BCUT2D eigenvalue weighted by molar-refractivity contribution is -0.130. The molecule has 0 saturated carbocycles. The van der Waals surface area contributed by atoms with Crippen molar-refractivity contribution in [2.24, 2.45) is 5.10 Å². The zero-order valence-corrected chi connectivity index (χ0v) is 19.6. The van der Waals surface area contributed by atoms with E-state index in [2.05, 4.69) is 15.4 Å². The number of hydrazone groups is 1. The van der Waals surface area contributed by atoms with Crippen molar-refractivity contribution in [1.29, 1.82) is 0 Å². The molecule has 2 amide bonds. The smallest absolute Gasteiger partial charge is 0.414 e. The lowest BCUT2D eigenvalue weighted by atomic mass is 10.1. The molecule has 0 spiro atoms. The van der Waals surface area contributed by atoms with Crippen molar-refractivity contribution in [3.63, 3.8) is 0 Å². The summed E-state index contributed by atoms with van der Waals surface area (Å²) in [6.45, 7) is 2.95. The first kappa shape index (κ1) is 24.3. The van der Waals surface area contributed by atoms with E-state index in [9.17, 15) is 18.8 Å². The number of ether oxygens (including phenoxy) is 1. The van der Waals surface area contributed by atoms with Crippen molar-refractivity contribution in [2.75, 3.05) is 43.0 Å². The third-order valence-electron chi connectivity index (χ3n) is 5.81. The van der Waals surface area contributed by atoms with E-state index in [4.69, 9.17) is 4.74 Å². The molecule has 1 saturated heterocycles. The largest absolute Gasteiger partial charge is 0.444 e. The van der Waals surface area contributed by atoms with Gasteiger partial charge in [-0.1, -0.05) is 0 Å². The van der Waals surface area contributed by atoms with Crippen LogP contribution in [-0.2, 0) is 14.3 Å². The highest BCUT2D eigenvalue weighted by Crippen LogP contribution is 2.30. The Morgan fingerprint density at radius 1 is 1.23 bits per heavy atom. The first-order valence-corrected chi connectivity index (χ1v) is 11.3. The van der Waals surface area contributed by atoms with E-state index in [-0.39, 0.29) is 24.8 Å². The fraction of sp³-hybridized carbons (Fsp3) is 0.375. The van der Waals surface area contributed by atoms with Crippen molar-refractivity contribution in [3.05, 3.63) is 42.3 Å². The van der Waals surface area contributed by atoms with Crippen molar-refractivity contribution in [2.45, 2.75) is 25.9 Å². The molecule has 35 heavy (non-hydrogen) atoms. The van der Waals surface area contributed by atoms with E-state index < -0.39 is 18.0 Å². The minimum atomic E-state index is -0.550. The molecule has 1 fully saturated rings. The van der Waals surface area contributed by atoms with Gasteiger partial charge in [0.2, 0.25) is 0 Å². The standard InChI is InChI=1S/C24H27FN6O4/c1-16(32)3-6-19-14-30(24(34)35-19)18-5-7-20(21(25)11-18)17-4-8-22(27-12-17)29-9-10-31(28-15-29)23(33)13-26-2/h4-5,7-8,11-12,15,19,26H,3,6,9-10,13-14H2,1-2H3/t19-/m0/s1. The minimum absolute atomic E-state index is 0.0312. The number of aromatic nitrogens is 1. The van der Waals surface area contributed by atoms with Gasteiger partial charge in [0.1, 0.15) is 29.9 Å². The third-order valence-corrected chi connectivity index (χ3v) is 5.81. The summed E-state index contributed by atoms with van der Waals surface area (Å²) in [5.41, 5.74) is 1.33. The highest BCUT2D eigenvalue weighted by Gasteiger charge is 2.32. The van der Waals surface area contributed by atoms with Crippen LogP contribution in [0, 0.1) is 5.82 Å². The molecule has 0 unspecified atom stereocenters. The summed E-state index contributed by atoms with van der Waals surface area (Å²) in [4.78, 5) is 42.9. The maximum atomic E-state index is 15.0. The molecule has 1 aromatic carbocycles. The van der Waals surface area contributed by atoms with Gasteiger partial charge in [-0.2, -0.15) is 5.10 Å². The molecule has 1 aromatic heterocycles. The second-order valence-electron chi connectivity index (χ2n) is 8.40. The second kappa shape index (κ2) is 10.6. The Balaban J connectivity index is 1.42.